The molecule has 2 aromatic carbocycles. The molecule has 1 aliphatic heterocycles. The first-order valence-corrected chi connectivity index (χ1v) is 10.3. The van der Waals surface area contributed by atoms with Crippen molar-refractivity contribution in [1.82, 2.24) is 19.2 Å². The fraction of sp³-hybridized carbons (Fsp3) is 0.167. The van der Waals surface area contributed by atoms with Gasteiger partial charge < -0.3 is 9.47 Å². The zero-order valence-electron chi connectivity index (χ0n) is 17.7. The molecule has 0 fully saturated rings. The van der Waals surface area contributed by atoms with E-state index >= 15 is 0 Å². The van der Waals surface area contributed by atoms with Crippen LogP contribution in [0, 0.1) is 24.0 Å². The van der Waals surface area contributed by atoms with Crippen LogP contribution in [0.3, 0.4) is 0 Å². The van der Waals surface area contributed by atoms with Gasteiger partial charge in [-0.1, -0.05) is 12.1 Å². The van der Waals surface area contributed by atoms with Crippen LogP contribution in [0.15, 0.2) is 67.0 Å². The number of hydrogen-bond donors (Lipinski definition) is 0. The molecule has 0 radical (unpaired) electrons. The summed E-state index contributed by atoms with van der Waals surface area (Å²) in [7, 11) is 0. The van der Waals surface area contributed by atoms with Crippen molar-refractivity contribution in [2.75, 3.05) is 0 Å². The largest absolute Gasteiger partial charge is 0.328 e. The highest BCUT2D eigenvalue weighted by atomic mass is 16.6. The lowest BCUT2D eigenvalue weighted by molar-refractivity contribution is -0.384. The number of carbonyl (C=O) groups excluding carboxylic acids is 1. The number of aromatic nitrogens is 3. The van der Waals surface area contributed by atoms with E-state index in [1.54, 1.807) is 11.0 Å². The van der Waals surface area contributed by atoms with Crippen LogP contribution in [0.5, 0.6) is 0 Å². The van der Waals surface area contributed by atoms with Gasteiger partial charge in [0.1, 0.15) is 5.82 Å². The smallest absolute Gasteiger partial charge is 0.270 e. The maximum Gasteiger partial charge on any atom is 0.270 e. The van der Waals surface area contributed by atoms with Crippen molar-refractivity contribution >= 4 is 11.6 Å². The zero-order valence-corrected chi connectivity index (χ0v) is 17.7. The topological polar surface area (TPSA) is 86.2 Å². The van der Waals surface area contributed by atoms with Crippen LogP contribution < -0.4 is 0 Å². The van der Waals surface area contributed by atoms with Crippen LogP contribution in [-0.4, -0.2) is 30.1 Å². The first-order chi connectivity index (χ1) is 15.4. The molecule has 32 heavy (non-hydrogen) atoms. The molecule has 8 nitrogen and oxygen atoms in total. The summed E-state index contributed by atoms with van der Waals surface area (Å²) < 4.78 is 3.93. The van der Waals surface area contributed by atoms with E-state index in [1.807, 2.05) is 39.8 Å². The number of nitrogens with zero attached hydrogens (tertiary/aromatic N) is 5. The van der Waals surface area contributed by atoms with E-state index in [0.717, 1.165) is 22.8 Å². The average molecular weight is 427 g/mol. The molecule has 0 saturated heterocycles. The minimum absolute atomic E-state index is 0.0965. The van der Waals surface area contributed by atoms with Gasteiger partial charge in [0.05, 0.1) is 29.4 Å². The number of amides is 1. The van der Waals surface area contributed by atoms with Gasteiger partial charge in [-0.3, -0.25) is 14.9 Å². The third-order valence-electron chi connectivity index (χ3n) is 5.90. The zero-order chi connectivity index (χ0) is 22.4. The maximum atomic E-state index is 13.1. The predicted molar refractivity (Wildman–Crippen MR) is 119 cm³/mol. The summed E-state index contributed by atoms with van der Waals surface area (Å²) in [6.07, 6.45) is 3.92. The van der Waals surface area contributed by atoms with E-state index in [2.05, 4.69) is 26.0 Å². The summed E-state index contributed by atoms with van der Waals surface area (Å²) in [6, 6.07) is 16.0. The average Bonchev–Trinajstić information content (AvgIpc) is 3.51. The number of benzene rings is 2. The second-order valence-corrected chi connectivity index (χ2v) is 7.99. The lowest BCUT2D eigenvalue weighted by Crippen LogP contribution is -2.26. The number of fused-ring (bicyclic) bond motifs is 1. The fourth-order valence-electron chi connectivity index (χ4n) is 4.06. The molecule has 2 aromatic heterocycles. The standard InChI is InChI=1S/C24H21N5O3/c1-16-8-9-19(12-17(16)2)28-23(26-10-3-4-11-26)21-14-27(15-22(21)25-28)24(30)18-6-5-7-20(13-18)29(31)32/h3-13H,14-15H2,1-2H3. The Kier molecular flexibility index (Phi) is 4.62. The van der Waals surface area contributed by atoms with Crippen molar-refractivity contribution in [2.45, 2.75) is 26.9 Å². The summed E-state index contributed by atoms with van der Waals surface area (Å²) >= 11 is 0. The molecule has 160 valence electrons. The van der Waals surface area contributed by atoms with Gasteiger partial charge in [0.25, 0.3) is 11.6 Å². The lowest BCUT2D eigenvalue weighted by Gasteiger charge is -2.18. The Morgan fingerprint density at radius 2 is 1.78 bits per heavy atom. The van der Waals surface area contributed by atoms with Gasteiger partial charge in [0.2, 0.25) is 0 Å². The van der Waals surface area contributed by atoms with Crippen LogP contribution in [0.25, 0.3) is 11.5 Å². The molecule has 3 heterocycles. The van der Waals surface area contributed by atoms with E-state index in [0.29, 0.717) is 18.7 Å². The molecule has 0 spiro atoms. The molecular weight excluding hydrogens is 406 g/mol. The molecular formula is C24H21N5O3. The Morgan fingerprint density at radius 3 is 2.50 bits per heavy atom. The molecule has 0 N–H and O–H groups in total. The molecule has 4 aromatic rings. The number of carbonyl (C=O) groups is 1. The van der Waals surface area contributed by atoms with Crippen LogP contribution in [0.1, 0.15) is 32.7 Å². The van der Waals surface area contributed by atoms with Crippen LogP contribution in [0.2, 0.25) is 0 Å². The van der Waals surface area contributed by atoms with Gasteiger partial charge in [-0.05, 0) is 55.3 Å². The van der Waals surface area contributed by atoms with Crippen LogP contribution in [-0.2, 0) is 13.1 Å². The Hall–Kier alpha value is -4.20. The van der Waals surface area contributed by atoms with Gasteiger partial charge in [0, 0.05) is 35.7 Å². The second kappa shape index (κ2) is 7.49. The Labute approximate surface area is 184 Å². The molecule has 0 atom stereocenters. The molecule has 1 amide bonds. The van der Waals surface area contributed by atoms with Crippen LogP contribution in [0.4, 0.5) is 5.69 Å². The highest BCUT2D eigenvalue weighted by Crippen LogP contribution is 2.32. The van der Waals surface area contributed by atoms with E-state index in [9.17, 15) is 14.9 Å². The van der Waals surface area contributed by atoms with E-state index in [1.165, 1.54) is 29.3 Å². The first-order valence-electron chi connectivity index (χ1n) is 10.3. The molecule has 8 heteroatoms. The quantitative estimate of drug-likeness (QED) is 0.358. The number of nitro benzene ring substituents is 1. The van der Waals surface area contributed by atoms with Crippen molar-refractivity contribution in [3.8, 4) is 11.5 Å². The third-order valence-corrected chi connectivity index (χ3v) is 5.90. The molecule has 5 rings (SSSR count). The van der Waals surface area contributed by atoms with E-state index in [-0.39, 0.29) is 11.6 Å². The summed E-state index contributed by atoms with van der Waals surface area (Å²) in [5, 5.41) is 15.9. The Balaban J connectivity index is 1.53. The summed E-state index contributed by atoms with van der Waals surface area (Å²) in [6.45, 7) is 4.88. The number of aryl methyl sites for hydroxylation is 2. The van der Waals surface area contributed by atoms with Gasteiger partial charge >= 0.3 is 0 Å². The first kappa shape index (κ1) is 19.7. The molecule has 0 unspecified atom stereocenters. The van der Waals surface area contributed by atoms with Gasteiger partial charge in [0.15, 0.2) is 0 Å². The number of hydrogen-bond acceptors (Lipinski definition) is 4. The summed E-state index contributed by atoms with van der Waals surface area (Å²) in [5.41, 5.74) is 5.35. The van der Waals surface area contributed by atoms with Gasteiger partial charge in [-0.2, -0.15) is 5.10 Å². The minimum atomic E-state index is -0.492. The maximum absolute atomic E-state index is 13.1. The lowest BCUT2D eigenvalue weighted by atomic mass is 10.1. The van der Waals surface area contributed by atoms with Crippen molar-refractivity contribution in [1.29, 1.82) is 0 Å². The number of nitro groups is 1. The molecule has 0 aliphatic carbocycles. The molecule has 0 saturated carbocycles. The fourth-order valence-corrected chi connectivity index (χ4v) is 4.06. The van der Waals surface area contributed by atoms with Gasteiger partial charge in [-0.25, -0.2) is 4.68 Å². The third kappa shape index (κ3) is 3.26. The van der Waals surface area contributed by atoms with E-state index in [4.69, 9.17) is 5.10 Å². The van der Waals surface area contributed by atoms with Crippen molar-refractivity contribution in [2.24, 2.45) is 0 Å². The molecule has 0 bridgehead atoms. The monoisotopic (exact) mass is 427 g/mol. The predicted octanol–water partition coefficient (Wildman–Crippen LogP) is 4.34. The van der Waals surface area contributed by atoms with Gasteiger partial charge in [-0.15, -0.1) is 0 Å². The highest BCUT2D eigenvalue weighted by Gasteiger charge is 2.32. The normalized spacial score (nSPS) is 12.8. The summed E-state index contributed by atoms with van der Waals surface area (Å²) in [4.78, 5) is 25.4. The number of non-ortho nitro benzene ring substituents is 1. The van der Waals surface area contributed by atoms with Crippen molar-refractivity contribution < 1.29 is 9.72 Å². The van der Waals surface area contributed by atoms with Crippen molar-refractivity contribution in [3.63, 3.8) is 0 Å². The van der Waals surface area contributed by atoms with Crippen LogP contribution >= 0.6 is 0 Å². The highest BCUT2D eigenvalue weighted by molar-refractivity contribution is 5.95. The van der Waals surface area contributed by atoms with E-state index < -0.39 is 4.92 Å². The minimum Gasteiger partial charge on any atom is -0.328 e. The second-order valence-electron chi connectivity index (χ2n) is 7.99. The summed E-state index contributed by atoms with van der Waals surface area (Å²) in [5.74, 6) is 0.644. The Morgan fingerprint density at radius 1 is 1.00 bits per heavy atom. The number of rotatable bonds is 4. The Bertz CT molecular complexity index is 1350. The molecule has 1 aliphatic rings. The SMILES string of the molecule is Cc1ccc(-n2nc3c(c2-n2cccc2)CN(C(=O)c2cccc([N+](=O)[O-])c2)C3)cc1C. The van der Waals surface area contributed by atoms with Crippen molar-refractivity contribution in [3.05, 3.63) is 105 Å².